The maximum absolute atomic E-state index is 9.22. The average molecular weight is 315 g/mol. The Morgan fingerprint density at radius 1 is 1.35 bits per heavy atom. The molecule has 0 unspecified atom stereocenters. The van der Waals surface area contributed by atoms with Crippen LogP contribution in [0.1, 0.15) is 55.1 Å². The molecule has 0 aliphatic heterocycles. The van der Waals surface area contributed by atoms with E-state index in [1.807, 2.05) is 0 Å². The second-order valence-corrected chi connectivity index (χ2v) is 6.16. The summed E-state index contributed by atoms with van der Waals surface area (Å²) in [7, 11) is 0. The monoisotopic (exact) mass is 315 g/mol. The molecule has 5 heteroatoms. The number of hydrogen-bond acceptors (Lipinski definition) is 5. The summed E-state index contributed by atoms with van der Waals surface area (Å²) in [6.07, 6.45) is 4.83. The summed E-state index contributed by atoms with van der Waals surface area (Å²) in [6, 6.07) is 9.03. The molecule has 2 aromatic rings. The number of hydrogen-bond donors (Lipinski definition) is 1. The summed E-state index contributed by atoms with van der Waals surface area (Å²) < 4.78 is 5.31. The lowest BCUT2D eigenvalue weighted by molar-refractivity contribution is 0.160. The highest BCUT2D eigenvalue weighted by atomic mass is 16.5. The number of rotatable bonds is 8. The predicted octanol–water partition coefficient (Wildman–Crippen LogP) is 2.89. The van der Waals surface area contributed by atoms with E-state index in [4.69, 9.17) is 4.52 Å². The second-order valence-electron chi connectivity index (χ2n) is 6.16. The molecule has 0 saturated heterocycles. The molecular formula is C18H25N3O2. The Kier molecular flexibility index (Phi) is 5.41. The van der Waals surface area contributed by atoms with Crippen LogP contribution in [0.15, 0.2) is 28.8 Å². The molecule has 23 heavy (non-hydrogen) atoms. The van der Waals surface area contributed by atoms with Crippen molar-refractivity contribution in [2.75, 3.05) is 13.2 Å². The highest BCUT2D eigenvalue weighted by Gasteiger charge is 2.28. The number of fused-ring (bicyclic) bond motifs is 1. The Morgan fingerprint density at radius 3 is 3.04 bits per heavy atom. The Hall–Kier alpha value is -1.72. The number of aliphatic hydroxyl groups excluding tert-OH is 1. The molecule has 1 atom stereocenters. The first-order chi connectivity index (χ1) is 11.3. The molecule has 0 radical (unpaired) electrons. The number of aromatic nitrogens is 2. The largest absolute Gasteiger partial charge is 0.396 e. The molecule has 0 amide bonds. The minimum Gasteiger partial charge on any atom is -0.396 e. The number of aryl methyl sites for hydroxylation is 2. The van der Waals surface area contributed by atoms with Crippen molar-refractivity contribution >= 4 is 0 Å². The van der Waals surface area contributed by atoms with E-state index in [2.05, 4.69) is 46.2 Å². The third kappa shape index (κ3) is 3.79. The fraction of sp³-hybridized carbons (Fsp3) is 0.556. The summed E-state index contributed by atoms with van der Waals surface area (Å²) in [5.74, 6) is 1.47. The van der Waals surface area contributed by atoms with E-state index in [0.29, 0.717) is 12.6 Å². The summed E-state index contributed by atoms with van der Waals surface area (Å²) in [4.78, 5) is 6.87. The van der Waals surface area contributed by atoms with Crippen LogP contribution in [0.4, 0.5) is 0 Å². The fourth-order valence-electron chi connectivity index (χ4n) is 3.38. The first-order valence-corrected chi connectivity index (χ1v) is 8.56. The summed E-state index contributed by atoms with van der Waals surface area (Å²) in [5, 5.41) is 13.3. The topological polar surface area (TPSA) is 62.4 Å². The summed E-state index contributed by atoms with van der Waals surface area (Å²) in [6.45, 7) is 3.82. The van der Waals surface area contributed by atoms with E-state index < -0.39 is 0 Å². The van der Waals surface area contributed by atoms with Crippen molar-refractivity contribution in [1.82, 2.24) is 15.0 Å². The van der Waals surface area contributed by atoms with Gasteiger partial charge < -0.3 is 9.63 Å². The number of benzene rings is 1. The molecule has 0 saturated carbocycles. The smallest absolute Gasteiger partial charge is 0.226 e. The third-order valence-corrected chi connectivity index (χ3v) is 4.46. The van der Waals surface area contributed by atoms with E-state index in [1.54, 1.807) is 0 Å². The molecule has 1 heterocycles. The van der Waals surface area contributed by atoms with Crippen molar-refractivity contribution in [1.29, 1.82) is 0 Å². The second kappa shape index (κ2) is 7.70. The van der Waals surface area contributed by atoms with Gasteiger partial charge in [-0.25, -0.2) is 0 Å². The quantitative estimate of drug-likeness (QED) is 0.811. The number of aliphatic hydroxyl groups is 1. The van der Waals surface area contributed by atoms with Crippen LogP contribution in [0, 0.1) is 0 Å². The van der Waals surface area contributed by atoms with E-state index in [-0.39, 0.29) is 6.61 Å². The van der Waals surface area contributed by atoms with Gasteiger partial charge in [0.15, 0.2) is 5.82 Å². The zero-order valence-electron chi connectivity index (χ0n) is 13.7. The van der Waals surface area contributed by atoms with Crippen molar-refractivity contribution in [2.24, 2.45) is 0 Å². The Bertz CT molecular complexity index is 626. The van der Waals surface area contributed by atoms with Gasteiger partial charge in [-0.15, -0.1) is 0 Å². The van der Waals surface area contributed by atoms with E-state index in [9.17, 15) is 5.11 Å². The van der Waals surface area contributed by atoms with Crippen molar-refractivity contribution < 1.29 is 9.63 Å². The first kappa shape index (κ1) is 16.1. The summed E-state index contributed by atoms with van der Waals surface area (Å²) >= 11 is 0. The number of nitrogens with zero attached hydrogens (tertiary/aromatic N) is 3. The highest BCUT2D eigenvalue weighted by Crippen LogP contribution is 2.36. The minimum atomic E-state index is 0.207. The first-order valence-electron chi connectivity index (χ1n) is 8.56. The van der Waals surface area contributed by atoms with Gasteiger partial charge in [0.25, 0.3) is 0 Å². The Balaban J connectivity index is 1.75. The zero-order valence-corrected chi connectivity index (χ0v) is 13.7. The molecule has 1 aliphatic carbocycles. The van der Waals surface area contributed by atoms with E-state index >= 15 is 0 Å². The van der Waals surface area contributed by atoms with E-state index in [0.717, 1.165) is 50.4 Å². The van der Waals surface area contributed by atoms with Gasteiger partial charge in [-0.05, 0) is 36.8 Å². The lowest BCUT2D eigenvalue weighted by Gasteiger charge is -2.28. The Morgan fingerprint density at radius 2 is 2.22 bits per heavy atom. The fourth-order valence-corrected chi connectivity index (χ4v) is 3.38. The molecule has 1 aliphatic rings. The van der Waals surface area contributed by atoms with Crippen LogP contribution in [-0.4, -0.2) is 33.3 Å². The maximum Gasteiger partial charge on any atom is 0.226 e. The van der Waals surface area contributed by atoms with Gasteiger partial charge in [0.1, 0.15) is 0 Å². The minimum absolute atomic E-state index is 0.207. The van der Waals surface area contributed by atoms with Crippen molar-refractivity contribution in [2.45, 2.75) is 51.6 Å². The summed E-state index contributed by atoms with van der Waals surface area (Å²) in [5.41, 5.74) is 2.84. The normalized spacial score (nSPS) is 16.9. The molecule has 1 N–H and O–H groups in total. The van der Waals surface area contributed by atoms with Crippen LogP contribution in [0.3, 0.4) is 0 Å². The molecule has 0 spiro atoms. The molecule has 1 aromatic heterocycles. The molecule has 0 fully saturated rings. The zero-order chi connectivity index (χ0) is 16.1. The van der Waals surface area contributed by atoms with Gasteiger partial charge in [0.05, 0.1) is 6.54 Å². The van der Waals surface area contributed by atoms with Crippen LogP contribution >= 0.6 is 0 Å². The van der Waals surface area contributed by atoms with Gasteiger partial charge in [0, 0.05) is 25.6 Å². The maximum atomic E-state index is 9.22. The van der Waals surface area contributed by atoms with Gasteiger partial charge in [-0.2, -0.15) is 4.98 Å². The standard InChI is InChI=1S/C18H25N3O2/c1-2-6-18-19-17(20-23-18)13-21(11-5-12-22)16-10-9-14-7-3-4-8-15(14)16/h3-4,7-8,16,22H,2,5-6,9-13H2,1H3/t16-/m1/s1. The van der Waals surface area contributed by atoms with Crippen molar-refractivity contribution in [3.05, 3.63) is 47.1 Å². The molecule has 0 bridgehead atoms. The SMILES string of the molecule is CCCc1nc(CN(CCCO)[C@@H]2CCc3ccccc32)no1. The molecule has 3 rings (SSSR count). The molecule has 1 aromatic carbocycles. The van der Waals surface area contributed by atoms with Crippen LogP contribution < -0.4 is 0 Å². The lowest BCUT2D eigenvalue weighted by atomic mass is 10.1. The van der Waals surface area contributed by atoms with Crippen LogP contribution in [-0.2, 0) is 19.4 Å². The molecule has 124 valence electrons. The molecular weight excluding hydrogens is 290 g/mol. The third-order valence-electron chi connectivity index (χ3n) is 4.46. The average Bonchev–Trinajstić information content (AvgIpc) is 3.18. The van der Waals surface area contributed by atoms with Crippen LogP contribution in [0.2, 0.25) is 0 Å². The van der Waals surface area contributed by atoms with Crippen molar-refractivity contribution in [3.8, 4) is 0 Å². The van der Waals surface area contributed by atoms with Gasteiger partial charge in [-0.3, -0.25) is 4.90 Å². The Labute approximate surface area is 137 Å². The van der Waals surface area contributed by atoms with Gasteiger partial charge in [0.2, 0.25) is 5.89 Å². The van der Waals surface area contributed by atoms with Crippen LogP contribution in [0.5, 0.6) is 0 Å². The van der Waals surface area contributed by atoms with Gasteiger partial charge in [-0.1, -0.05) is 36.3 Å². The van der Waals surface area contributed by atoms with Crippen LogP contribution in [0.25, 0.3) is 0 Å². The predicted molar refractivity (Wildman–Crippen MR) is 87.9 cm³/mol. The van der Waals surface area contributed by atoms with Crippen molar-refractivity contribution in [3.63, 3.8) is 0 Å². The highest BCUT2D eigenvalue weighted by molar-refractivity contribution is 5.34. The molecule has 5 nitrogen and oxygen atoms in total. The van der Waals surface area contributed by atoms with E-state index in [1.165, 1.54) is 11.1 Å². The van der Waals surface area contributed by atoms with Gasteiger partial charge >= 0.3 is 0 Å². The lowest BCUT2D eigenvalue weighted by Crippen LogP contribution is -2.29.